The fraction of sp³-hybridized carbons (Fsp3) is 0.468. The molecule has 6 aliphatic rings. The third-order valence-corrected chi connectivity index (χ3v) is 27.7. The predicted molar refractivity (Wildman–Crippen MR) is 444 cm³/mol. The summed E-state index contributed by atoms with van der Waals surface area (Å²) in [6, 6.07) is 25.2. The highest BCUT2D eigenvalue weighted by molar-refractivity contribution is 7.92. The second-order valence-corrected chi connectivity index (χ2v) is 39.7. The van der Waals surface area contributed by atoms with Gasteiger partial charge < -0.3 is 24.2 Å². The Morgan fingerprint density at radius 2 is 0.864 bits per heavy atom. The maximum absolute atomic E-state index is 12.6. The lowest BCUT2D eigenvalue weighted by molar-refractivity contribution is -0.275. The molecule has 0 atom stereocenters. The quantitative estimate of drug-likeness (QED) is 0.0551. The standard InChI is InChI=1S/C19H25N3O.C18H25N3O2S.C15H19F3N4O3S.C14H12ClN3O2S.C13H15F3N4O3S/c1-13(23)22-8-6-15(7-9-22)17-10-16(14-4-2-3-5-14)11-19-18(17)12-20-21-19;1-24(22,23)21-8-6-14(7-9-21)16-10-15(13-4-2-3-5-13)11-18-17(16)12-19-20-18;1-14(2)9-21(4-5-22(14)26(3,23)24)13-7-10(25-15(16,17)18)6-12-11(13)8-19-20-12;1-21(19,20)18-11-4-2-9(3-5-11)12-6-10(15)7-14-13(12)8-16-17-14;1-24(21,22)20-4-2-19(3-5-20)12-7-9(23-13(14,15)16)6-11-10(12)8-17-18-11/h10-12,14-15H,2-9H2,1H3,(H,20,21);10-14H,2-9H2,1H3,(H,19,20);6-8H,4-5,9H2,1-3H3,(H,19,20);2-8,18H,1H3,(H,16,17);6-8H,2-5H2,1H3,(H,17,18). The highest BCUT2D eigenvalue weighted by Gasteiger charge is 2.41. The number of nitrogens with zero attached hydrogens (tertiary/aromatic N) is 11. The number of hydrogen-bond donors (Lipinski definition) is 6. The predicted octanol–water partition coefficient (Wildman–Crippen LogP) is 14.4. The summed E-state index contributed by atoms with van der Waals surface area (Å²) in [6.07, 6.45) is 18.3. The Bertz CT molecular complexity index is 5870. The number of rotatable bonds is 14. The first-order chi connectivity index (χ1) is 55.7. The number of alkyl halides is 6. The molecule has 2 aliphatic carbocycles. The number of aromatic nitrogens is 10. The van der Waals surface area contributed by atoms with Gasteiger partial charge >= 0.3 is 12.7 Å². The molecule has 118 heavy (non-hydrogen) atoms. The molecule has 11 aromatic rings. The Hall–Kier alpha value is -9.31. The monoisotopic (exact) mass is 1740 g/mol. The lowest BCUT2D eigenvalue weighted by Gasteiger charge is -2.46. The molecule has 5 aromatic heterocycles. The number of hydrogen-bond acceptors (Lipinski definition) is 18. The van der Waals surface area contributed by atoms with Crippen LogP contribution < -0.4 is 24.0 Å². The number of nitrogens with one attached hydrogen (secondary N) is 6. The fourth-order valence-corrected chi connectivity index (χ4v) is 21.1. The van der Waals surface area contributed by atoms with Crippen LogP contribution >= 0.6 is 11.6 Å². The first-order valence-corrected chi connectivity index (χ1v) is 46.7. The van der Waals surface area contributed by atoms with Crippen molar-refractivity contribution in [1.29, 1.82) is 0 Å². The van der Waals surface area contributed by atoms with Crippen LogP contribution in [0.25, 0.3) is 65.6 Å². The Balaban J connectivity index is 0.000000128. The van der Waals surface area contributed by atoms with Crippen LogP contribution in [0, 0.1) is 0 Å². The summed E-state index contributed by atoms with van der Waals surface area (Å²) >= 11 is 6.11. The van der Waals surface area contributed by atoms with Gasteiger partial charge in [-0.3, -0.25) is 35.0 Å². The topological polar surface area (TPSA) is 347 Å². The van der Waals surface area contributed by atoms with Crippen molar-refractivity contribution < 1.29 is 74.3 Å². The van der Waals surface area contributed by atoms with Gasteiger partial charge in [-0.2, -0.15) is 34.1 Å². The van der Waals surface area contributed by atoms with Crippen LogP contribution in [0.2, 0.25) is 5.02 Å². The smallest absolute Gasteiger partial charge is 0.406 e. The van der Waals surface area contributed by atoms with Gasteiger partial charge in [0.2, 0.25) is 46.0 Å². The molecule has 0 spiro atoms. The maximum Gasteiger partial charge on any atom is 0.573 e. The van der Waals surface area contributed by atoms with Crippen LogP contribution in [0.5, 0.6) is 11.5 Å². The van der Waals surface area contributed by atoms with E-state index in [1.807, 2.05) is 51.4 Å². The SMILES string of the molecule is CC(=O)N1CCC(c2cc(C3CCCC3)cc3[nH]ncc23)CC1.CC1(C)CN(c2cc(OC(F)(F)F)cc3[nH]ncc23)CCN1S(C)(=O)=O.CS(=O)(=O)N1CCC(c2cc(C3CCCC3)cc3[nH]ncc23)CC1.CS(=O)(=O)N1CCN(c2cc(OC(F)(F)F)cc3[nH]ncc23)CC1.CS(=O)(=O)Nc1ccc(-c2cc(Cl)cc3[nH]ncc23)cc1. The fourth-order valence-electron chi connectivity index (χ4n) is 17.2. The van der Waals surface area contributed by atoms with Gasteiger partial charge in [-0.15, -0.1) is 26.3 Å². The Labute approximate surface area is 685 Å². The number of halogens is 7. The number of piperidine rings is 2. The molecular weight excluding hydrogens is 1640 g/mol. The van der Waals surface area contributed by atoms with E-state index in [4.69, 9.17) is 11.6 Å². The van der Waals surface area contributed by atoms with E-state index in [-0.39, 0.29) is 37.0 Å². The molecule has 28 nitrogen and oxygen atoms in total. The van der Waals surface area contributed by atoms with Gasteiger partial charge in [-0.25, -0.2) is 38.0 Å². The van der Waals surface area contributed by atoms with Gasteiger partial charge in [0.05, 0.1) is 95.0 Å². The van der Waals surface area contributed by atoms with E-state index in [0.717, 1.165) is 91.0 Å². The molecule has 39 heteroatoms. The van der Waals surface area contributed by atoms with Crippen LogP contribution in [0.15, 0.2) is 116 Å². The molecule has 2 saturated carbocycles. The van der Waals surface area contributed by atoms with Crippen molar-refractivity contribution in [3.05, 3.63) is 143 Å². The number of aromatic amines is 5. The summed E-state index contributed by atoms with van der Waals surface area (Å²) in [5.74, 6) is 1.87. The molecule has 4 aliphatic heterocycles. The van der Waals surface area contributed by atoms with Crippen molar-refractivity contribution in [2.24, 2.45) is 0 Å². The van der Waals surface area contributed by atoms with E-state index < -0.39 is 58.4 Å². The third kappa shape index (κ3) is 21.5. The summed E-state index contributed by atoms with van der Waals surface area (Å²) in [7, 11) is -13.0. The van der Waals surface area contributed by atoms with E-state index >= 15 is 0 Å². The normalized spacial score (nSPS) is 18.2. The average Bonchev–Trinajstić information content (AvgIpc) is 1.29. The lowest BCUT2D eigenvalue weighted by atomic mass is 9.84. The largest absolute Gasteiger partial charge is 0.573 e. The number of sulfonamides is 4. The summed E-state index contributed by atoms with van der Waals surface area (Å²) in [4.78, 5) is 17.2. The summed E-state index contributed by atoms with van der Waals surface area (Å²) in [5.41, 5.74) is 12.4. The van der Waals surface area contributed by atoms with Gasteiger partial charge in [0, 0.05) is 146 Å². The molecule has 0 radical (unpaired) electrons. The number of carbonyl (C=O) groups excluding carboxylic acids is 1. The molecule has 0 bridgehead atoms. The minimum absolute atomic E-state index is 0.205. The Morgan fingerprint density at radius 1 is 0.466 bits per heavy atom. The second-order valence-electron chi connectivity index (χ2n) is 31.7. The minimum Gasteiger partial charge on any atom is -0.406 e. The number of piperazine rings is 2. The van der Waals surface area contributed by atoms with E-state index in [1.54, 1.807) is 43.4 Å². The van der Waals surface area contributed by atoms with Crippen LogP contribution in [0.3, 0.4) is 0 Å². The molecule has 6 fully saturated rings. The maximum atomic E-state index is 12.6. The van der Waals surface area contributed by atoms with E-state index in [0.29, 0.717) is 101 Å². The van der Waals surface area contributed by atoms with Crippen molar-refractivity contribution in [3.8, 4) is 22.6 Å². The van der Waals surface area contributed by atoms with Crippen LogP contribution in [-0.2, 0) is 44.9 Å². The first kappa shape index (κ1) is 86.5. The van der Waals surface area contributed by atoms with Crippen molar-refractivity contribution in [2.45, 2.75) is 140 Å². The lowest BCUT2D eigenvalue weighted by Crippen LogP contribution is -2.60. The molecule has 17 rings (SSSR count). The van der Waals surface area contributed by atoms with Crippen LogP contribution in [0.1, 0.15) is 144 Å². The molecule has 636 valence electrons. The highest BCUT2D eigenvalue weighted by Crippen LogP contribution is 2.44. The van der Waals surface area contributed by atoms with E-state index in [2.05, 4.69) is 89.4 Å². The number of amides is 1. The number of carbonyl (C=O) groups is 1. The van der Waals surface area contributed by atoms with E-state index in [1.165, 1.54) is 141 Å². The number of fused-ring (bicyclic) bond motifs is 5. The second kappa shape index (κ2) is 35.2. The molecular formula is C79H96ClF6N17O11S4. The summed E-state index contributed by atoms with van der Waals surface area (Å²) in [6.45, 7) is 10.4. The number of ether oxygens (including phenoxy) is 2. The minimum atomic E-state index is -4.81. The number of H-pyrrole nitrogens is 5. The van der Waals surface area contributed by atoms with E-state index in [9.17, 15) is 64.8 Å². The van der Waals surface area contributed by atoms with Gasteiger partial charge in [0.25, 0.3) is 0 Å². The van der Waals surface area contributed by atoms with Gasteiger partial charge in [0.1, 0.15) is 11.5 Å². The number of likely N-dealkylation sites (tertiary alicyclic amines) is 1. The molecule has 6 aromatic carbocycles. The summed E-state index contributed by atoms with van der Waals surface area (Å²) in [5, 5.41) is 40.1. The van der Waals surface area contributed by atoms with Gasteiger partial charge in [-0.05, 0) is 159 Å². The highest BCUT2D eigenvalue weighted by atomic mass is 35.5. The Morgan fingerprint density at radius 3 is 1.28 bits per heavy atom. The Kier molecular flexibility index (Phi) is 25.8. The zero-order valence-electron chi connectivity index (χ0n) is 66.2. The summed E-state index contributed by atoms with van der Waals surface area (Å²) < 4.78 is 183. The molecule has 1 amide bonds. The number of benzene rings is 6. The zero-order valence-corrected chi connectivity index (χ0v) is 70.3. The number of anilines is 3. The van der Waals surface area contributed by atoms with Crippen LogP contribution in [0.4, 0.5) is 43.4 Å². The molecule has 6 N–H and O–H groups in total. The molecule has 4 saturated heterocycles. The van der Waals surface area contributed by atoms with Crippen molar-refractivity contribution in [2.75, 3.05) is 112 Å². The van der Waals surface area contributed by atoms with Crippen molar-refractivity contribution in [1.82, 2.24) is 68.8 Å². The average molecular weight is 1740 g/mol. The van der Waals surface area contributed by atoms with Gasteiger partial charge in [-0.1, -0.05) is 61.5 Å². The molecule has 0 unspecified atom stereocenters. The van der Waals surface area contributed by atoms with Crippen LogP contribution in [-0.4, -0.2) is 224 Å². The van der Waals surface area contributed by atoms with Gasteiger partial charge in [0.15, 0.2) is 0 Å². The third-order valence-electron chi connectivity index (χ3n) is 22.7. The first-order valence-electron chi connectivity index (χ1n) is 38.9. The molecule has 9 heterocycles. The zero-order chi connectivity index (χ0) is 84.4. The van der Waals surface area contributed by atoms with Crippen molar-refractivity contribution >= 4 is 129 Å². The van der Waals surface area contributed by atoms with Crippen molar-refractivity contribution in [3.63, 3.8) is 0 Å².